The van der Waals surface area contributed by atoms with Gasteiger partial charge in [-0.05, 0) is 49.9 Å². The molecule has 0 fully saturated rings. The molecule has 0 bridgehead atoms. The number of likely N-dealkylation sites (N-methyl/N-ethyl adjacent to an activating group) is 1. The van der Waals surface area contributed by atoms with E-state index in [1.165, 1.54) is 22.5 Å². The fourth-order valence-electron chi connectivity index (χ4n) is 3.74. The minimum Gasteiger partial charge on any atom is -0.487 e. The first-order valence-corrected chi connectivity index (χ1v) is 12.4. The first-order valence-electron chi connectivity index (χ1n) is 10.1. The molecule has 31 heavy (non-hydrogen) atoms. The first-order chi connectivity index (χ1) is 14.6. The summed E-state index contributed by atoms with van der Waals surface area (Å²) < 4.78 is 48.5. The van der Waals surface area contributed by atoms with Crippen molar-refractivity contribution in [2.24, 2.45) is 5.92 Å². The molecule has 1 N–H and O–H groups in total. The molecule has 1 aliphatic heterocycles. The summed E-state index contributed by atoms with van der Waals surface area (Å²) in [5.41, 5.74) is 0.849. The van der Waals surface area contributed by atoms with Gasteiger partial charge in [-0.2, -0.15) is 4.31 Å². The van der Waals surface area contributed by atoms with Gasteiger partial charge in [0, 0.05) is 36.1 Å². The molecular weight excluding hydrogens is 487 g/mol. The number of rotatable bonds is 6. The SMILES string of the molecule is C[C@@H]1CN([C@@H](C)CO)S(=O)(=O)c2ccc(Br)cc2O[C@H]1CN(C)Cc1cccc(F)c1. The van der Waals surface area contributed by atoms with Gasteiger partial charge in [-0.3, -0.25) is 4.90 Å². The minimum atomic E-state index is -3.84. The number of aliphatic hydroxyl groups excluding tert-OH is 1. The second-order valence-electron chi connectivity index (χ2n) is 8.16. The maximum absolute atomic E-state index is 13.5. The van der Waals surface area contributed by atoms with E-state index >= 15 is 0 Å². The lowest BCUT2D eigenvalue weighted by atomic mass is 10.0. The Hall–Kier alpha value is -1.52. The Bertz CT molecular complexity index is 1020. The summed E-state index contributed by atoms with van der Waals surface area (Å²) in [5, 5.41) is 9.67. The summed E-state index contributed by atoms with van der Waals surface area (Å²) >= 11 is 3.39. The zero-order valence-electron chi connectivity index (χ0n) is 17.8. The van der Waals surface area contributed by atoms with E-state index in [0.29, 0.717) is 17.6 Å². The number of aliphatic hydroxyl groups is 1. The number of fused-ring (bicyclic) bond motifs is 1. The van der Waals surface area contributed by atoms with E-state index in [0.717, 1.165) is 5.56 Å². The van der Waals surface area contributed by atoms with Crippen molar-refractivity contribution >= 4 is 26.0 Å². The fraction of sp³-hybridized carbons (Fsp3) is 0.455. The lowest BCUT2D eigenvalue weighted by Crippen LogP contribution is -2.49. The largest absolute Gasteiger partial charge is 0.487 e. The summed E-state index contributed by atoms with van der Waals surface area (Å²) in [4.78, 5) is 2.12. The maximum atomic E-state index is 13.5. The molecule has 2 aromatic carbocycles. The van der Waals surface area contributed by atoms with Crippen LogP contribution in [0.3, 0.4) is 0 Å². The third-order valence-electron chi connectivity index (χ3n) is 5.46. The van der Waals surface area contributed by atoms with Crippen molar-refractivity contribution < 1.29 is 22.7 Å². The highest BCUT2D eigenvalue weighted by Gasteiger charge is 2.38. The summed E-state index contributed by atoms with van der Waals surface area (Å²) in [5.74, 6) is -0.148. The van der Waals surface area contributed by atoms with Gasteiger partial charge in [0.15, 0.2) is 0 Å². The molecular formula is C22H28BrFN2O4S. The molecule has 0 unspecified atom stereocenters. The summed E-state index contributed by atoms with van der Waals surface area (Å²) in [6.07, 6.45) is -0.310. The zero-order valence-corrected chi connectivity index (χ0v) is 20.2. The van der Waals surface area contributed by atoms with Crippen molar-refractivity contribution in [1.29, 1.82) is 0 Å². The van der Waals surface area contributed by atoms with Crippen molar-refractivity contribution in [2.75, 3.05) is 26.7 Å². The van der Waals surface area contributed by atoms with Crippen LogP contribution in [0.2, 0.25) is 0 Å². The van der Waals surface area contributed by atoms with Crippen LogP contribution in [0.25, 0.3) is 0 Å². The Labute approximate surface area is 191 Å². The van der Waals surface area contributed by atoms with Crippen molar-refractivity contribution in [2.45, 2.75) is 37.4 Å². The average molecular weight is 515 g/mol. The lowest BCUT2D eigenvalue weighted by Gasteiger charge is -2.37. The topological polar surface area (TPSA) is 70.1 Å². The molecule has 3 atom stereocenters. The van der Waals surface area contributed by atoms with Crippen LogP contribution < -0.4 is 4.74 Å². The summed E-state index contributed by atoms with van der Waals surface area (Å²) in [7, 11) is -1.91. The van der Waals surface area contributed by atoms with Crippen LogP contribution in [-0.4, -0.2) is 61.6 Å². The number of benzene rings is 2. The van der Waals surface area contributed by atoms with Gasteiger partial charge in [0.05, 0.1) is 6.61 Å². The maximum Gasteiger partial charge on any atom is 0.247 e. The van der Waals surface area contributed by atoms with E-state index in [-0.39, 0.29) is 41.6 Å². The molecule has 0 amide bonds. The highest BCUT2D eigenvalue weighted by molar-refractivity contribution is 9.10. The van der Waals surface area contributed by atoms with Crippen molar-refractivity contribution in [3.05, 3.63) is 58.3 Å². The molecule has 3 rings (SSSR count). The van der Waals surface area contributed by atoms with Gasteiger partial charge in [0.2, 0.25) is 10.0 Å². The Balaban J connectivity index is 1.91. The number of hydrogen-bond donors (Lipinski definition) is 1. The van der Waals surface area contributed by atoms with Crippen LogP contribution in [-0.2, 0) is 16.6 Å². The monoisotopic (exact) mass is 514 g/mol. The molecule has 0 aliphatic carbocycles. The van der Waals surface area contributed by atoms with Gasteiger partial charge < -0.3 is 9.84 Å². The van der Waals surface area contributed by atoms with Gasteiger partial charge in [0.25, 0.3) is 0 Å². The molecule has 1 heterocycles. The quantitative estimate of drug-likeness (QED) is 0.638. The molecule has 0 saturated carbocycles. The molecule has 0 spiro atoms. The van der Waals surface area contributed by atoms with E-state index in [4.69, 9.17) is 4.74 Å². The van der Waals surface area contributed by atoms with Gasteiger partial charge >= 0.3 is 0 Å². The number of sulfonamides is 1. The van der Waals surface area contributed by atoms with Crippen molar-refractivity contribution in [3.8, 4) is 5.75 Å². The normalized spacial score (nSPS) is 22.3. The second kappa shape index (κ2) is 9.95. The Kier molecular flexibility index (Phi) is 7.75. The zero-order chi connectivity index (χ0) is 22.8. The van der Waals surface area contributed by atoms with Gasteiger partial charge in [-0.1, -0.05) is 35.0 Å². The number of hydrogen-bond acceptors (Lipinski definition) is 5. The fourth-order valence-corrected chi connectivity index (χ4v) is 5.90. The third kappa shape index (κ3) is 5.64. The van der Waals surface area contributed by atoms with Gasteiger partial charge in [-0.15, -0.1) is 0 Å². The molecule has 170 valence electrons. The predicted molar refractivity (Wildman–Crippen MR) is 121 cm³/mol. The Morgan fingerprint density at radius 3 is 2.74 bits per heavy atom. The molecule has 2 aromatic rings. The van der Waals surface area contributed by atoms with Crippen LogP contribution in [0.1, 0.15) is 19.4 Å². The van der Waals surface area contributed by atoms with E-state index < -0.39 is 16.1 Å². The molecule has 0 aromatic heterocycles. The highest BCUT2D eigenvalue weighted by Crippen LogP contribution is 2.35. The first kappa shape index (κ1) is 24.1. The Morgan fingerprint density at radius 2 is 2.06 bits per heavy atom. The van der Waals surface area contributed by atoms with Gasteiger partial charge in [0.1, 0.15) is 22.6 Å². The average Bonchev–Trinajstić information content (AvgIpc) is 2.69. The molecule has 9 heteroatoms. The van der Waals surface area contributed by atoms with E-state index in [1.54, 1.807) is 25.1 Å². The van der Waals surface area contributed by atoms with Crippen LogP contribution in [0.5, 0.6) is 5.75 Å². The standard InChI is InChI=1S/C22H28BrFN2O4S/c1-15-11-26(16(2)14-27)31(28,29)22-8-7-18(23)10-20(22)30-21(15)13-25(3)12-17-5-4-6-19(24)9-17/h4-10,15-16,21,27H,11-14H2,1-3H3/t15-,16+,21+/m1/s1. The molecule has 0 saturated heterocycles. The van der Waals surface area contributed by atoms with E-state index in [1.807, 2.05) is 24.9 Å². The van der Waals surface area contributed by atoms with Crippen molar-refractivity contribution in [3.63, 3.8) is 0 Å². The lowest BCUT2D eigenvalue weighted by molar-refractivity contribution is 0.0733. The molecule has 0 radical (unpaired) electrons. The van der Waals surface area contributed by atoms with Gasteiger partial charge in [-0.25, -0.2) is 12.8 Å². The Morgan fingerprint density at radius 1 is 1.32 bits per heavy atom. The summed E-state index contributed by atoms with van der Waals surface area (Å²) in [6.45, 7) is 4.63. The van der Waals surface area contributed by atoms with E-state index in [2.05, 4.69) is 15.9 Å². The number of nitrogens with zero attached hydrogens (tertiary/aromatic N) is 2. The third-order valence-corrected chi connectivity index (χ3v) is 7.98. The molecule has 1 aliphatic rings. The second-order valence-corrected chi connectivity index (χ2v) is 10.9. The van der Waals surface area contributed by atoms with E-state index in [9.17, 15) is 17.9 Å². The highest BCUT2D eigenvalue weighted by atomic mass is 79.9. The number of ether oxygens (including phenoxy) is 1. The minimum absolute atomic E-state index is 0.0840. The smallest absolute Gasteiger partial charge is 0.247 e. The summed E-state index contributed by atoms with van der Waals surface area (Å²) in [6, 6.07) is 10.7. The van der Waals surface area contributed by atoms with Crippen LogP contribution in [0.4, 0.5) is 4.39 Å². The van der Waals surface area contributed by atoms with Crippen LogP contribution in [0.15, 0.2) is 51.8 Å². The van der Waals surface area contributed by atoms with Crippen molar-refractivity contribution in [1.82, 2.24) is 9.21 Å². The van der Waals surface area contributed by atoms with Crippen LogP contribution in [0, 0.1) is 11.7 Å². The van der Waals surface area contributed by atoms with Crippen LogP contribution >= 0.6 is 15.9 Å². The number of halogens is 2. The molecule has 6 nitrogen and oxygen atoms in total. The predicted octanol–water partition coefficient (Wildman–Crippen LogP) is 3.49.